The first kappa shape index (κ1) is 13.8. The number of hydrogen-bond acceptors (Lipinski definition) is 3. The van der Waals surface area contributed by atoms with Crippen molar-refractivity contribution >= 4 is 0 Å². The predicted molar refractivity (Wildman–Crippen MR) is 59.7 cm³/mol. The average Bonchev–Trinajstić information content (AvgIpc) is 2.27. The van der Waals surface area contributed by atoms with Crippen molar-refractivity contribution in [2.75, 3.05) is 7.11 Å². The Labute approximate surface area is 91.6 Å². The van der Waals surface area contributed by atoms with Gasteiger partial charge in [0.05, 0.1) is 13.5 Å². The fraction of sp³-hybridized carbons (Fsp3) is 0.818. The zero-order valence-corrected chi connectivity index (χ0v) is 9.70. The van der Waals surface area contributed by atoms with E-state index in [1.807, 2.05) is 0 Å². The Morgan fingerprint density at radius 1 is 1.20 bits per heavy atom. The third-order valence-electron chi connectivity index (χ3n) is 2.33. The summed E-state index contributed by atoms with van der Waals surface area (Å²) in [6.45, 7) is 2.18. The van der Waals surface area contributed by atoms with Gasteiger partial charge in [-0.25, -0.2) is 0 Å². The molecule has 0 unspecified atom stereocenters. The molecule has 0 fully saturated rings. The first-order valence-corrected chi connectivity index (χ1v) is 5.57. The van der Waals surface area contributed by atoms with Crippen molar-refractivity contribution in [1.29, 1.82) is 5.39 Å². The number of rotatable bonds is 8. The molecule has 0 aliphatic carbocycles. The molecule has 0 radical (unpaired) electrons. The first-order chi connectivity index (χ1) is 7.26. The van der Waals surface area contributed by atoms with Crippen LogP contribution in [0.1, 0.15) is 51.9 Å². The van der Waals surface area contributed by atoms with Gasteiger partial charge in [-0.05, 0) is 6.42 Å². The van der Waals surface area contributed by atoms with Crippen LogP contribution >= 0.6 is 0 Å². The highest BCUT2D eigenvalue weighted by Crippen LogP contribution is 2.15. The van der Waals surface area contributed by atoms with E-state index in [-0.39, 0.29) is 11.6 Å². The molecule has 0 saturated heterocycles. The second-order valence-corrected chi connectivity index (χ2v) is 3.57. The Morgan fingerprint density at radius 3 is 2.33 bits per heavy atom. The van der Waals surface area contributed by atoms with Gasteiger partial charge in [0.2, 0.25) is 5.39 Å². The maximum atomic E-state index is 9.16. The molecule has 0 heterocycles. The van der Waals surface area contributed by atoms with E-state index < -0.39 is 0 Å². The van der Waals surface area contributed by atoms with Gasteiger partial charge in [-0.15, -0.1) is 0 Å². The van der Waals surface area contributed by atoms with Gasteiger partial charge in [0.1, 0.15) is 0 Å². The quantitative estimate of drug-likeness (QED) is 0.377. The van der Waals surface area contributed by atoms with Crippen molar-refractivity contribution in [3.05, 3.63) is 16.6 Å². The van der Waals surface area contributed by atoms with Crippen LogP contribution in [0.25, 0.3) is 4.98 Å². The molecule has 0 aliphatic rings. The molecule has 0 spiro atoms. The van der Waals surface area contributed by atoms with Crippen molar-refractivity contribution in [2.24, 2.45) is 0 Å². The van der Waals surface area contributed by atoms with E-state index in [9.17, 15) is 0 Å². The summed E-state index contributed by atoms with van der Waals surface area (Å²) in [4.78, 5) is 3.00. The third kappa shape index (κ3) is 6.78. The molecule has 0 amide bonds. The number of diazo groups is 1. The number of ether oxygens (including phenoxy) is 1. The highest BCUT2D eigenvalue weighted by molar-refractivity contribution is 5.08. The van der Waals surface area contributed by atoms with Crippen molar-refractivity contribution in [2.45, 2.75) is 51.9 Å². The Hall–Kier alpha value is -1.24. The Kier molecular flexibility index (Phi) is 8.55. The molecule has 1 N–H and O–H groups in total. The molecule has 0 aromatic carbocycles. The average molecular weight is 213 g/mol. The normalized spacial score (nSPS) is 11.8. The first-order valence-electron chi connectivity index (χ1n) is 5.57. The summed E-state index contributed by atoms with van der Waals surface area (Å²) < 4.78 is 4.58. The van der Waals surface area contributed by atoms with E-state index >= 15 is 0 Å². The lowest BCUT2D eigenvalue weighted by Gasteiger charge is -1.97. The van der Waals surface area contributed by atoms with Crippen LogP contribution in [0.15, 0.2) is 11.6 Å². The number of nitrogens with zero attached hydrogens (tertiary/aromatic N) is 2. The fourth-order valence-electron chi connectivity index (χ4n) is 1.39. The smallest absolute Gasteiger partial charge is 0.440 e. The maximum absolute atomic E-state index is 9.16. The van der Waals surface area contributed by atoms with Gasteiger partial charge in [0.15, 0.2) is 4.98 Å². The van der Waals surface area contributed by atoms with Crippen LogP contribution in [0.4, 0.5) is 0 Å². The van der Waals surface area contributed by atoms with Crippen LogP contribution in [-0.4, -0.2) is 12.2 Å². The maximum Gasteiger partial charge on any atom is 0.440 e. The molecule has 0 atom stereocenters. The van der Waals surface area contributed by atoms with Crippen molar-refractivity contribution in [1.82, 2.24) is 0 Å². The number of unbranched alkanes of at least 4 members (excludes halogenated alkanes) is 5. The van der Waals surface area contributed by atoms with Crippen LogP contribution in [0.2, 0.25) is 0 Å². The lowest BCUT2D eigenvalue weighted by Crippen LogP contribution is -1.91. The predicted octanol–water partition coefficient (Wildman–Crippen LogP) is 3.96. The number of methoxy groups -OCH3 is 1. The van der Waals surface area contributed by atoms with Gasteiger partial charge >= 0.3 is 11.6 Å². The fourth-order valence-corrected chi connectivity index (χ4v) is 1.39. The van der Waals surface area contributed by atoms with E-state index in [2.05, 4.69) is 16.6 Å². The number of hydrogen-bond donors (Lipinski definition) is 1. The summed E-state index contributed by atoms with van der Waals surface area (Å²) in [6, 6.07) is 0. The largest absolute Gasteiger partial charge is 0.475 e. The SMILES string of the molecule is CCCCCCCC/C([N+]#N)=C(\O)OC. The Balaban J connectivity index is 3.62. The summed E-state index contributed by atoms with van der Waals surface area (Å²) in [5, 5.41) is 17.8. The number of aliphatic hydroxyl groups excluding tert-OH is 1. The Morgan fingerprint density at radius 2 is 1.80 bits per heavy atom. The topological polar surface area (TPSA) is 57.6 Å². The molecule has 15 heavy (non-hydrogen) atoms. The van der Waals surface area contributed by atoms with Gasteiger partial charge in [-0.1, -0.05) is 39.0 Å². The van der Waals surface area contributed by atoms with Crippen LogP contribution in [0.3, 0.4) is 0 Å². The lowest BCUT2D eigenvalue weighted by molar-refractivity contribution is 0.131. The number of aliphatic hydroxyl groups is 1. The molecule has 0 aromatic rings. The zero-order chi connectivity index (χ0) is 11.5. The summed E-state index contributed by atoms with van der Waals surface area (Å²) >= 11 is 0. The summed E-state index contributed by atoms with van der Waals surface area (Å²) in [5.74, 6) is -0.286. The molecule has 0 rings (SSSR count). The molecule has 0 bridgehead atoms. The standard InChI is InChI=1S/C11H20N2O2/c1-3-4-5-6-7-8-9-10(13-12)11(14)15-2/h3-9H2,1-2H3/p+1/b11-10-. The lowest BCUT2D eigenvalue weighted by atomic mass is 10.1. The van der Waals surface area contributed by atoms with Gasteiger partial charge in [-0.3, -0.25) is 0 Å². The van der Waals surface area contributed by atoms with Gasteiger partial charge < -0.3 is 9.84 Å². The molecule has 0 aliphatic heterocycles. The third-order valence-corrected chi connectivity index (χ3v) is 2.33. The van der Waals surface area contributed by atoms with Gasteiger partial charge in [-0.2, -0.15) is 0 Å². The monoisotopic (exact) mass is 213 g/mol. The second kappa shape index (κ2) is 9.32. The van der Waals surface area contributed by atoms with Crippen LogP contribution < -0.4 is 0 Å². The van der Waals surface area contributed by atoms with E-state index in [0.717, 1.165) is 12.8 Å². The van der Waals surface area contributed by atoms with E-state index in [1.165, 1.54) is 32.8 Å². The minimum atomic E-state index is -0.286. The molecule has 0 saturated carbocycles. The van der Waals surface area contributed by atoms with Crippen molar-refractivity contribution in [3.63, 3.8) is 0 Å². The molecule has 0 aromatic heterocycles. The highest BCUT2D eigenvalue weighted by Gasteiger charge is 2.18. The van der Waals surface area contributed by atoms with Crippen molar-refractivity contribution in [3.8, 4) is 0 Å². The molecule has 4 heteroatoms. The van der Waals surface area contributed by atoms with Crippen molar-refractivity contribution < 1.29 is 9.84 Å². The summed E-state index contributed by atoms with van der Waals surface area (Å²) in [5.41, 5.74) is 0.230. The molecule has 86 valence electrons. The van der Waals surface area contributed by atoms with E-state index in [1.54, 1.807) is 0 Å². The minimum absolute atomic E-state index is 0.230. The van der Waals surface area contributed by atoms with Crippen LogP contribution in [-0.2, 0) is 4.74 Å². The summed E-state index contributed by atoms with van der Waals surface area (Å²) in [7, 11) is 1.35. The van der Waals surface area contributed by atoms with Gasteiger partial charge in [0, 0.05) is 0 Å². The second-order valence-electron chi connectivity index (χ2n) is 3.57. The van der Waals surface area contributed by atoms with E-state index in [0.29, 0.717) is 6.42 Å². The highest BCUT2D eigenvalue weighted by atomic mass is 16.6. The van der Waals surface area contributed by atoms with Gasteiger partial charge in [0.25, 0.3) is 0 Å². The molecular weight excluding hydrogens is 192 g/mol. The Bertz CT molecular complexity index is 231. The molecule has 4 nitrogen and oxygen atoms in total. The van der Waals surface area contributed by atoms with Crippen LogP contribution in [0.5, 0.6) is 0 Å². The molecular formula is C11H21N2O2+. The summed E-state index contributed by atoms with van der Waals surface area (Å²) in [6.07, 6.45) is 7.52. The number of allylic oxidation sites excluding steroid dienone is 1. The zero-order valence-electron chi connectivity index (χ0n) is 9.70. The minimum Gasteiger partial charge on any atom is -0.475 e. The van der Waals surface area contributed by atoms with Crippen LogP contribution in [0, 0.1) is 5.39 Å². The van der Waals surface area contributed by atoms with E-state index in [4.69, 9.17) is 10.5 Å².